The zero-order valence-corrected chi connectivity index (χ0v) is 19.4. The fraction of sp³-hybridized carbons (Fsp3) is 0.400. The van der Waals surface area contributed by atoms with E-state index in [2.05, 4.69) is 31.7 Å². The summed E-state index contributed by atoms with van der Waals surface area (Å²) in [5.74, 6) is -0.873. The third-order valence-corrected chi connectivity index (χ3v) is 6.41. The van der Waals surface area contributed by atoms with E-state index in [1.165, 1.54) is 31.2 Å². The summed E-state index contributed by atoms with van der Waals surface area (Å²) in [5.41, 5.74) is 4.29. The molecule has 1 aliphatic carbocycles. The second-order valence-electron chi connectivity index (χ2n) is 8.89. The van der Waals surface area contributed by atoms with Crippen LogP contribution in [0.4, 0.5) is 8.78 Å². The third kappa shape index (κ3) is 6.76. The first-order chi connectivity index (χ1) is 15.6. The van der Waals surface area contributed by atoms with E-state index in [1.54, 1.807) is 17.7 Å². The molecule has 170 valence electrons. The molecule has 32 heavy (non-hydrogen) atoms. The topological polar surface area (TPSA) is 0 Å². The van der Waals surface area contributed by atoms with E-state index >= 15 is 0 Å². The van der Waals surface area contributed by atoms with Crippen LogP contribution in [0.2, 0.25) is 0 Å². The Morgan fingerprint density at radius 2 is 1.78 bits per heavy atom. The van der Waals surface area contributed by atoms with Crippen molar-refractivity contribution in [3.8, 4) is 11.1 Å². The second kappa shape index (κ2) is 12.5. The number of hydrogen-bond donors (Lipinski definition) is 0. The Balaban J connectivity index is 1.56. The summed E-state index contributed by atoms with van der Waals surface area (Å²) >= 11 is 0. The van der Waals surface area contributed by atoms with Gasteiger partial charge in [-0.2, -0.15) is 0 Å². The summed E-state index contributed by atoms with van der Waals surface area (Å²) < 4.78 is 29.5. The van der Waals surface area contributed by atoms with Crippen molar-refractivity contribution in [2.45, 2.75) is 71.1 Å². The highest BCUT2D eigenvalue weighted by Crippen LogP contribution is 2.29. The minimum Gasteiger partial charge on any atom is -0.203 e. The lowest BCUT2D eigenvalue weighted by Crippen LogP contribution is -2.03. The monoisotopic (exact) mass is 434 g/mol. The zero-order valence-electron chi connectivity index (χ0n) is 19.4. The summed E-state index contributed by atoms with van der Waals surface area (Å²) in [5, 5.41) is 0. The van der Waals surface area contributed by atoms with Gasteiger partial charge in [0.1, 0.15) is 0 Å². The maximum absolute atomic E-state index is 14.8. The van der Waals surface area contributed by atoms with Gasteiger partial charge in [-0.05, 0) is 80.4 Å². The first-order valence-electron chi connectivity index (χ1n) is 12.1. The Hall–Kier alpha value is -2.48. The minimum absolute atomic E-state index is 0.330. The van der Waals surface area contributed by atoms with Crippen molar-refractivity contribution in [2.24, 2.45) is 5.92 Å². The van der Waals surface area contributed by atoms with E-state index in [9.17, 15) is 8.78 Å². The largest absolute Gasteiger partial charge is 0.203 e. The number of hydrogen-bond acceptors (Lipinski definition) is 0. The molecule has 0 radical (unpaired) electrons. The van der Waals surface area contributed by atoms with Gasteiger partial charge in [0.05, 0.1) is 0 Å². The van der Waals surface area contributed by atoms with Crippen LogP contribution in [0.5, 0.6) is 0 Å². The molecule has 2 aromatic rings. The second-order valence-corrected chi connectivity index (χ2v) is 8.89. The van der Waals surface area contributed by atoms with Crippen molar-refractivity contribution in [2.75, 3.05) is 0 Å². The summed E-state index contributed by atoms with van der Waals surface area (Å²) in [6, 6.07) is 11.2. The van der Waals surface area contributed by atoms with Crippen molar-refractivity contribution in [3.05, 3.63) is 95.6 Å². The number of rotatable bonds is 11. The van der Waals surface area contributed by atoms with E-state index in [1.807, 2.05) is 30.3 Å². The molecule has 0 bridgehead atoms. The number of unbranched alkanes of at least 4 members (excludes halogenated alkanes) is 1. The molecule has 0 spiro atoms. The number of halogens is 2. The Morgan fingerprint density at radius 1 is 0.969 bits per heavy atom. The Bertz CT molecular complexity index is 934. The summed E-state index contributed by atoms with van der Waals surface area (Å²) in [6.45, 7) is 5.97. The third-order valence-electron chi connectivity index (χ3n) is 6.41. The lowest BCUT2D eigenvalue weighted by molar-refractivity contribution is 0.501. The van der Waals surface area contributed by atoms with E-state index < -0.39 is 11.6 Å². The standard InChI is InChI=1S/C30H36F2/c1-3-5-6-10-25-17-19-26(20-18-25)28-22-21-27(29(31)30(28)32)12-8-7-11-24-15-13-23(9-4-2)14-16-24/h3,7,11,13,17-22,24H,1,4-6,8-10,12,14-16H2,2H3/b11-7+. The maximum Gasteiger partial charge on any atom is 0.166 e. The van der Waals surface area contributed by atoms with E-state index in [4.69, 9.17) is 0 Å². The Kier molecular flexibility index (Phi) is 9.46. The molecular weight excluding hydrogens is 398 g/mol. The van der Waals surface area contributed by atoms with Crippen LogP contribution < -0.4 is 0 Å². The van der Waals surface area contributed by atoms with Crippen molar-refractivity contribution in [3.63, 3.8) is 0 Å². The van der Waals surface area contributed by atoms with Gasteiger partial charge in [-0.3, -0.25) is 0 Å². The van der Waals surface area contributed by atoms with E-state index in [0.29, 0.717) is 29.0 Å². The molecule has 1 atom stereocenters. The number of allylic oxidation sites excluding steroid dienone is 5. The summed E-state index contributed by atoms with van der Waals surface area (Å²) in [7, 11) is 0. The summed E-state index contributed by atoms with van der Waals surface area (Å²) in [4.78, 5) is 0. The van der Waals surface area contributed by atoms with Crippen LogP contribution >= 0.6 is 0 Å². The molecule has 0 nitrogen and oxygen atoms in total. The van der Waals surface area contributed by atoms with Crippen molar-refractivity contribution in [1.29, 1.82) is 0 Å². The van der Waals surface area contributed by atoms with Crippen molar-refractivity contribution < 1.29 is 8.78 Å². The predicted molar refractivity (Wildman–Crippen MR) is 133 cm³/mol. The lowest BCUT2D eigenvalue weighted by atomic mass is 9.87. The van der Waals surface area contributed by atoms with Gasteiger partial charge in [0.2, 0.25) is 0 Å². The highest BCUT2D eigenvalue weighted by atomic mass is 19.2. The van der Waals surface area contributed by atoms with Crippen LogP contribution in [0.3, 0.4) is 0 Å². The zero-order chi connectivity index (χ0) is 22.8. The molecule has 3 rings (SSSR count). The van der Waals surface area contributed by atoms with Crippen LogP contribution in [0.1, 0.15) is 69.4 Å². The first kappa shape index (κ1) is 24.2. The number of benzene rings is 2. The Morgan fingerprint density at radius 3 is 2.47 bits per heavy atom. The maximum atomic E-state index is 14.8. The van der Waals surface area contributed by atoms with Gasteiger partial charge < -0.3 is 0 Å². The van der Waals surface area contributed by atoms with Crippen LogP contribution in [-0.4, -0.2) is 0 Å². The van der Waals surface area contributed by atoms with Gasteiger partial charge in [-0.25, -0.2) is 8.78 Å². The fourth-order valence-electron chi connectivity index (χ4n) is 4.47. The van der Waals surface area contributed by atoms with Crippen LogP contribution in [0.25, 0.3) is 11.1 Å². The molecular formula is C30H36F2. The van der Waals surface area contributed by atoms with Gasteiger partial charge in [-0.15, -0.1) is 6.58 Å². The average Bonchev–Trinajstić information content (AvgIpc) is 2.81. The van der Waals surface area contributed by atoms with Crippen molar-refractivity contribution >= 4 is 0 Å². The van der Waals surface area contributed by atoms with Crippen LogP contribution in [0, 0.1) is 17.6 Å². The molecule has 0 fully saturated rings. The molecule has 0 heterocycles. The molecule has 0 amide bonds. The summed E-state index contributed by atoms with van der Waals surface area (Å²) in [6.07, 6.45) is 18.9. The van der Waals surface area contributed by atoms with E-state index in [-0.39, 0.29) is 0 Å². The number of aryl methyl sites for hydroxylation is 2. The smallest absolute Gasteiger partial charge is 0.166 e. The van der Waals surface area contributed by atoms with Gasteiger partial charge in [0.25, 0.3) is 0 Å². The minimum atomic E-state index is -0.744. The van der Waals surface area contributed by atoms with Gasteiger partial charge in [0, 0.05) is 5.56 Å². The van der Waals surface area contributed by atoms with Crippen LogP contribution in [0.15, 0.2) is 72.9 Å². The molecule has 1 aliphatic rings. The quantitative estimate of drug-likeness (QED) is 0.244. The lowest BCUT2D eigenvalue weighted by Gasteiger charge is -2.18. The molecule has 2 aromatic carbocycles. The van der Waals surface area contributed by atoms with Crippen LogP contribution in [-0.2, 0) is 12.8 Å². The van der Waals surface area contributed by atoms with Gasteiger partial charge >= 0.3 is 0 Å². The molecule has 2 heteroatoms. The molecule has 0 N–H and O–H groups in total. The SMILES string of the molecule is C=CCCCc1ccc(-c2ccc(CC/C=C/C3CC=C(CCC)CC3)c(F)c2F)cc1. The molecule has 0 saturated heterocycles. The molecule has 0 aromatic heterocycles. The fourth-order valence-corrected chi connectivity index (χ4v) is 4.47. The van der Waals surface area contributed by atoms with Gasteiger partial charge in [0.15, 0.2) is 11.6 Å². The molecule has 0 aliphatic heterocycles. The molecule has 0 saturated carbocycles. The normalized spacial score (nSPS) is 16.3. The average molecular weight is 435 g/mol. The van der Waals surface area contributed by atoms with E-state index in [0.717, 1.165) is 32.1 Å². The highest BCUT2D eigenvalue weighted by Gasteiger charge is 2.15. The first-order valence-corrected chi connectivity index (χ1v) is 12.1. The highest BCUT2D eigenvalue weighted by molar-refractivity contribution is 5.65. The van der Waals surface area contributed by atoms with Gasteiger partial charge in [-0.1, -0.05) is 79.6 Å². The molecule has 1 unspecified atom stereocenters. The van der Waals surface area contributed by atoms with Crippen molar-refractivity contribution in [1.82, 2.24) is 0 Å². The Labute approximate surface area is 192 Å². The predicted octanol–water partition coefficient (Wildman–Crippen LogP) is 9.16.